The van der Waals surface area contributed by atoms with Gasteiger partial charge in [0.05, 0.1) is 11.5 Å². The van der Waals surface area contributed by atoms with E-state index in [1.807, 2.05) is 0 Å². The second-order valence-corrected chi connectivity index (χ2v) is 5.25. The van der Waals surface area contributed by atoms with Crippen LogP contribution in [-0.2, 0) is 0 Å². The molecule has 0 saturated heterocycles. The van der Waals surface area contributed by atoms with Crippen molar-refractivity contribution in [1.82, 2.24) is 0 Å². The predicted molar refractivity (Wildman–Crippen MR) is 98.6 cm³/mol. The van der Waals surface area contributed by atoms with Crippen molar-refractivity contribution in [2.75, 3.05) is 30.3 Å². The largest absolute Gasteiger partial charge is 0.395 e. The highest BCUT2D eigenvalue weighted by atomic mass is 16.6. The molecular weight excluding hydrogens is 306 g/mol. The molecule has 6 heteroatoms. The summed E-state index contributed by atoms with van der Waals surface area (Å²) in [5.74, 6) is 0. The number of nitrogens with one attached hydrogen (secondary N) is 2. The maximum atomic E-state index is 10.3. The van der Waals surface area contributed by atoms with Crippen molar-refractivity contribution in [2.24, 2.45) is 0 Å². The highest BCUT2D eigenvalue weighted by molar-refractivity contribution is 5.48. The van der Waals surface area contributed by atoms with Crippen LogP contribution in [0.2, 0.25) is 0 Å². The van der Waals surface area contributed by atoms with E-state index in [1.165, 1.54) is 29.8 Å². The zero-order valence-electron chi connectivity index (χ0n) is 14.2. The molecule has 130 valence electrons. The van der Waals surface area contributed by atoms with Gasteiger partial charge in [-0.2, -0.15) is 0 Å². The fourth-order valence-corrected chi connectivity index (χ4v) is 1.84. The second-order valence-electron chi connectivity index (χ2n) is 5.25. The molecule has 0 amide bonds. The maximum Gasteiger partial charge on any atom is 0.269 e. The Bertz CT molecular complexity index is 598. The summed E-state index contributed by atoms with van der Waals surface area (Å²) in [6, 6.07) is 14.5. The molecule has 0 radical (unpaired) electrons. The Morgan fingerprint density at radius 2 is 1.46 bits per heavy atom. The van der Waals surface area contributed by atoms with Crippen LogP contribution in [0.5, 0.6) is 0 Å². The van der Waals surface area contributed by atoms with E-state index >= 15 is 0 Å². The van der Waals surface area contributed by atoms with Crippen molar-refractivity contribution in [2.45, 2.75) is 20.3 Å². The number of aryl methyl sites for hydroxylation is 1. The maximum absolute atomic E-state index is 10.3. The lowest BCUT2D eigenvalue weighted by atomic mass is 10.2. The minimum absolute atomic E-state index is 0.0387. The molecule has 2 rings (SSSR count). The SMILES string of the molecule is CCCNc1ccc(C)cc1.O=[N+]([O-])c1ccc(NCCO)cc1. The third-order valence-corrected chi connectivity index (χ3v) is 3.15. The summed E-state index contributed by atoms with van der Waals surface area (Å²) in [6.45, 7) is 5.81. The Labute approximate surface area is 142 Å². The molecule has 3 N–H and O–H groups in total. The third-order valence-electron chi connectivity index (χ3n) is 3.15. The molecule has 0 aromatic heterocycles. The quantitative estimate of drug-likeness (QED) is 0.530. The number of aliphatic hydroxyl groups excluding tert-OH is 1. The summed E-state index contributed by atoms with van der Waals surface area (Å²) in [4.78, 5) is 9.82. The van der Waals surface area contributed by atoms with Gasteiger partial charge in [-0.05, 0) is 37.6 Å². The molecule has 0 aliphatic heterocycles. The smallest absolute Gasteiger partial charge is 0.269 e. The van der Waals surface area contributed by atoms with E-state index in [0.29, 0.717) is 6.54 Å². The number of nitro benzene ring substituents is 1. The van der Waals surface area contributed by atoms with Gasteiger partial charge in [-0.1, -0.05) is 24.6 Å². The molecule has 0 aliphatic carbocycles. The average molecular weight is 331 g/mol. The standard InChI is InChI=1S/C10H15N.C8H10N2O3/c1-3-8-11-10-6-4-9(2)5-7-10;11-6-5-9-7-1-3-8(4-2-7)10(12)13/h4-7,11H,3,8H2,1-2H3;1-4,9,11H,5-6H2. The fourth-order valence-electron chi connectivity index (χ4n) is 1.84. The Hall–Kier alpha value is -2.60. The Morgan fingerprint density at radius 1 is 0.958 bits per heavy atom. The van der Waals surface area contributed by atoms with Crippen molar-refractivity contribution in [3.63, 3.8) is 0 Å². The molecule has 2 aromatic carbocycles. The minimum Gasteiger partial charge on any atom is -0.395 e. The monoisotopic (exact) mass is 331 g/mol. The van der Waals surface area contributed by atoms with Crippen LogP contribution in [-0.4, -0.2) is 29.7 Å². The summed E-state index contributed by atoms with van der Waals surface area (Å²) >= 11 is 0. The fraction of sp³-hybridized carbons (Fsp3) is 0.333. The number of nitro groups is 1. The van der Waals surface area contributed by atoms with Crippen LogP contribution in [0.25, 0.3) is 0 Å². The van der Waals surface area contributed by atoms with Crippen LogP contribution in [0.1, 0.15) is 18.9 Å². The molecule has 0 atom stereocenters. The van der Waals surface area contributed by atoms with Gasteiger partial charge in [-0.25, -0.2) is 0 Å². The van der Waals surface area contributed by atoms with Gasteiger partial charge in [-0.15, -0.1) is 0 Å². The number of hydrogen-bond acceptors (Lipinski definition) is 5. The first kappa shape index (κ1) is 19.4. The van der Waals surface area contributed by atoms with Gasteiger partial charge in [0.15, 0.2) is 0 Å². The van der Waals surface area contributed by atoms with Gasteiger partial charge in [0.2, 0.25) is 0 Å². The molecule has 24 heavy (non-hydrogen) atoms. The molecule has 6 nitrogen and oxygen atoms in total. The first-order valence-electron chi connectivity index (χ1n) is 7.96. The van der Waals surface area contributed by atoms with E-state index in [4.69, 9.17) is 5.11 Å². The summed E-state index contributed by atoms with van der Waals surface area (Å²) in [7, 11) is 0. The van der Waals surface area contributed by atoms with Gasteiger partial charge in [0, 0.05) is 36.6 Å². The summed E-state index contributed by atoms with van der Waals surface area (Å²) in [5.41, 5.74) is 3.36. The number of rotatable bonds is 7. The lowest BCUT2D eigenvalue weighted by molar-refractivity contribution is -0.384. The second kappa shape index (κ2) is 11.0. The number of nitrogens with zero attached hydrogens (tertiary/aromatic N) is 1. The molecule has 0 fully saturated rings. The van der Waals surface area contributed by atoms with E-state index in [2.05, 4.69) is 48.7 Å². The van der Waals surface area contributed by atoms with Crippen molar-refractivity contribution in [3.8, 4) is 0 Å². The van der Waals surface area contributed by atoms with Crippen molar-refractivity contribution < 1.29 is 10.0 Å². The summed E-state index contributed by atoms with van der Waals surface area (Å²) in [6.07, 6.45) is 1.17. The lowest BCUT2D eigenvalue weighted by Gasteiger charge is -2.03. The number of non-ortho nitro benzene ring substituents is 1. The first-order valence-corrected chi connectivity index (χ1v) is 7.96. The minimum atomic E-state index is -0.449. The van der Waals surface area contributed by atoms with E-state index in [0.717, 1.165) is 12.2 Å². The van der Waals surface area contributed by atoms with E-state index < -0.39 is 4.92 Å². The normalized spacial score (nSPS) is 9.62. The third kappa shape index (κ3) is 7.60. The van der Waals surface area contributed by atoms with Crippen LogP contribution in [0.15, 0.2) is 48.5 Å². The molecule has 2 aromatic rings. The van der Waals surface area contributed by atoms with Gasteiger partial charge >= 0.3 is 0 Å². The topological polar surface area (TPSA) is 87.4 Å². The van der Waals surface area contributed by atoms with Crippen LogP contribution in [0.3, 0.4) is 0 Å². The summed E-state index contributed by atoms with van der Waals surface area (Å²) < 4.78 is 0. The highest BCUT2D eigenvalue weighted by Crippen LogP contribution is 2.14. The molecule has 0 aliphatic rings. The molecule has 0 bridgehead atoms. The number of aliphatic hydroxyl groups is 1. The zero-order valence-corrected chi connectivity index (χ0v) is 14.2. The number of hydrogen-bond donors (Lipinski definition) is 3. The molecule has 0 heterocycles. The van der Waals surface area contributed by atoms with Crippen LogP contribution in [0, 0.1) is 17.0 Å². The molecule has 0 spiro atoms. The number of anilines is 2. The van der Waals surface area contributed by atoms with Crippen molar-refractivity contribution >= 4 is 17.1 Å². The average Bonchev–Trinajstić information content (AvgIpc) is 2.60. The van der Waals surface area contributed by atoms with Crippen LogP contribution >= 0.6 is 0 Å². The summed E-state index contributed by atoms with van der Waals surface area (Å²) in [5, 5.41) is 25.0. The van der Waals surface area contributed by atoms with Gasteiger partial charge in [-0.3, -0.25) is 10.1 Å². The van der Waals surface area contributed by atoms with Crippen molar-refractivity contribution in [1.29, 1.82) is 0 Å². The zero-order chi connectivity index (χ0) is 17.8. The molecular formula is C18H25N3O3. The highest BCUT2D eigenvalue weighted by Gasteiger charge is 2.02. The van der Waals surface area contributed by atoms with Gasteiger partial charge in [0.1, 0.15) is 0 Å². The van der Waals surface area contributed by atoms with E-state index in [1.54, 1.807) is 12.1 Å². The lowest BCUT2D eigenvalue weighted by Crippen LogP contribution is -2.04. The van der Waals surface area contributed by atoms with Crippen molar-refractivity contribution in [3.05, 3.63) is 64.2 Å². The Kier molecular flexibility index (Phi) is 8.93. The number of benzene rings is 2. The molecule has 0 saturated carbocycles. The Morgan fingerprint density at radius 3 is 1.92 bits per heavy atom. The predicted octanol–water partition coefficient (Wildman–Crippen LogP) is 3.82. The Balaban J connectivity index is 0.000000243. The van der Waals surface area contributed by atoms with E-state index in [-0.39, 0.29) is 12.3 Å². The van der Waals surface area contributed by atoms with Crippen LogP contribution < -0.4 is 10.6 Å². The van der Waals surface area contributed by atoms with Gasteiger partial charge < -0.3 is 15.7 Å². The van der Waals surface area contributed by atoms with E-state index in [9.17, 15) is 10.1 Å². The molecule has 0 unspecified atom stereocenters. The first-order chi connectivity index (χ1) is 11.6. The van der Waals surface area contributed by atoms with Gasteiger partial charge in [0.25, 0.3) is 5.69 Å². The van der Waals surface area contributed by atoms with Crippen LogP contribution in [0.4, 0.5) is 17.1 Å².